The van der Waals surface area contributed by atoms with E-state index >= 15 is 0 Å². The van der Waals surface area contributed by atoms with Gasteiger partial charge < -0.3 is 10.4 Å². The lowest BCUT2D eigenvalue weighted by molar-refractivity contribution is 0.0765. The summed E-state index contributed by atoms with van der Waals surface area (Å²) in [5.74, 6) is 0. The molecule has 1 aromatic heterocycles. The van der Waals surface area contributed by atoms with Gasteiger partial charge in [0.15, 0.2) is 0 Å². The monoisotopic (exact) mass is 211 g/mol. The van der Waals surface area contributed by atoms with Gasteiger partial charge in [0.25, 0.3) is 0 Å². The zero-order valence-electron chi connectivity index (χ0n) is 8.71. The molecule has 1 heterocycles. The minimum Gasteiger partial charge on any atom is -0.389 e. The second kappa shape index (κ2) is 3.65. The fourth-order valence-corrected chi connectivity index (χ4v) is 2.92. The number of hydrogen-bond donors (Lipinski definition) is 2. The van der Waals surface area contributed by atoms with Crippen LogP contribution < -0.4 is 5.32 Å². The summed E-state index contributed by atoms with van der Waals surface area (Å²) in [5.41, 5.74) is 0.878. The van der Waals surface area contributed by atoms with Crippen LogP contribution in [0, 0.1) is 0 Å². The minimum atomic E-state index is -0.611. The van der Waals surface area contributed by atoms with Crippen molar-refractivity contribution in [3.63, 3.8) is 0 Å². The van der Waals surface area contributed by atoms with Crippen LogP contribution in [-0.4, -0.2) is 17.3 Å². The molecule has 3 heteroatoms. The Bertz CT molecular complexity index is 313. The Morgan fingerprint density at radius 2 is 2.43 bits per heavy atom. The quantitative estimate of drug-likeness (QED) is 0.802. The summed E-state index contributed by atoms with van der Waals surface area (Å²) in [5, 5.41) is 15.2. The average molecular weight is 211 g/mol. The van der Waals surface area contributed by atoms with E-state index in [1.54, 1.807) is 0 Å². The molecule has 0 spiro atoms. The molecule has 1 aliphatic carbocycles. The topological polar surface area (TPSA) is 32.3 Å². The lowest BCUT2D eigenvalue weighted by atomic mass is 10.1. The van der Waals surface area contributed by atoms with E-state index in [1.165, 1.54) is 23.3 Å². The summed E-state index contributed by atoms with van der Waals surface area (Å²) in [6.45, 7) is 4.34. The Kier molecular flexibility index (Phi) is 2.64. The molecule has 0 amide bonds. The van der Waals surface area contributed by atoms with E-state index in [2.05, 4.69) is 16.8 Å². The minimum absolute atomic E-state index is 0.469. The molecule has 14 heavy (non-hydrogen) atoms. The fraction of sp³-hybridized carbons (Fsp3) is 0.636. The maximum absolute atomic E-state index is 9.62. The number of hydrogen-bond acceptors (Lipinski definition) is 3. The highest BCUT2D eigenvalue weighted by Crippen LogP contribution is 2.35. The predicted octanol–water partition coefficient (Wildman–Crippen LogP) is 2.10. The SMILES string of the molecule is CC(C)(O)CNC1CCc2ccsc21. The number of nitrogens with one attached hydrogen (secondary N) is 1. The lowest BCUT2D eigenvalue weighted by Crippen LogP contribution is -2.36. The van der Waals surface area contributed by atoms with Crippen molar-refractivity contribution in [2.45, 2.75) is 38.3 Å². The van der Waals surface area contributed by atoms with Crippen LogP contribution in [0.3, 0.4) is 0 Å². The third-order valence-corrected chi connectivity index (χ3v) is 3.65. The molecular formula is C11H17NOS. The van der Waals surface area contributed by atoms with Crippen LogP contribution in [0.25, 0.3) is 0 Å². The van der Waals surface area contributed by atoms with Crippen LogP contribution in [0.15, 0.2) is 11.4 Å². The van der Waals surface area contributed by atoms with Gasteiger partial charge in [-0.3, -0.25) is 0 Å². The second-order valence-electron chi connectivity index (χ2n) is 4.59. The second-order valence-corrected chi connectivity index (χ2v) is 5.54. The van der Waals surface area contributed by atoms with Crippen molar-refractivity contribution in [3.05, 3.63) is 21.9 Å². The molecular weight excluding hydrogens is 194 g/mol. The van der Waals surface area contributed by atoms with Gasteiger partial charge in [-0.15, -0.1) is 11.3 Å². The molecule has 0 fully saturated rings. The molecule has 1 unspecified atom stereocenters. The Hall–Kier alpha value is -0.380. The number of rotatable bonds is 3. The van der Waals surface area contributed by atoms with Gasteiger partial charge in [0, 0.05) is 17.5 Å². The fourth-order valence-electron chi connectivity index (χ4n) is 1.86. The van der Waals surface area contributed by atoms with E-state index in [1.807, 2.05) is 25.2 Å². The maximum atomic E-state index is 9.62. The molecule has 0 radical (unpaired) electrons. The third-order valence-electron chi connectivity index (χ3n) is 2.58. The van der Waals surface area contributed by atoms with E-state index in [9.17, 15) is 5.11 Å². The van der Waals surface area contributed by atoms with E-state index in [0.717, 1.165) is 0 Å². The third kappa shape index (κ3) is 2.16. The highest BCUT2D eigenvalue weighted by Gasteiger charge is 2.24. The van der Waals surface area contributed by atoms with Crippen molar-refractivity contribution in [3.8, 4) is 0 Å². The van der Waals surface area contributed by atoms with Crippen LogP contribution in [0.4, 0.5) is 0 Å². The number of fused-ring (bicyclic) bond motifs is 1. The van der Waals surface area contributed by atoms with E-state index < -0.39 is 5.60 Å². The van der Waals surface area contributed by atoms with Crippen molar-refractivity contribution >= 4 is 11.3 Å². The van der Waals surface area contributed by atoms with E-state index in [-0.39, 0.29) is 0 Å². The van der Waals surface area contributed by atoms with Gasteiger partial charge in [-0.05, 0) is 43.7 Å². The van der Waals surface area contributed by atoms with Crippen molar-refractivity contribution in [2.24, 2.45) is 0 Å². The lowest BCUT2D eigenvalue weighted by Gasteiger charge is -2.21. The molecule has 78 valence electrons. The summed E-state index contributed by atoms with van der Waals surface area (Å²) in [6, 6.07) is 2.68. The molecule has 2 N–H and O–H groups in total. The normalized spacial score (nSPS) is 21.2. The van der Waals surface area contributed by atoms with Gasteiger partial charge in [-0.25, -0.2) is 0 Å². The molecule has 0 saturated carbocycles. The van der Waals surface area contributed by atoms with Crippen molar-refractivity contribution < 1.29 is 5.11 Å². The molecule has 2 rings (SSSR count). The number of thiophene rings is 1. The summed E-state index contributed by atoms with van der Waals surface area (Å²) < 4.78 is 0. The zero-order chi connectivity index (χ0) is 10.2. The summed E-state index contributed by atoms with van der Waals surface area (Å²) in [7, 11) is 0. The summed E-state index contributed by atoms with van der Waals surface area (Å²) >= 11 is 1.83. The Labute approximate surface area is 89.0 Å². The first-order valence-corrected chi connectivity index (χ1v) is 5.96. The molecule has 0 aliphatic heterocycles. The summed E-state index contributed by atoms with van der Waals surface area (Å²) in [4.78, 5) is 1.47. The van der Waals surface area contributed by atoms with Gasteiger partial charge >= 0.3 is 0 Å². The average Bonchev–Trinajstić information content (AvgIpc) is 2.59. The van der Waals surface area contributed by atoms with Gasteiger partial charge in [-0.1, -0.05) is 0 Å². The largest absolute Gasteiger partial charge is 0.389 e. The van der Waals surface area contributed by atoms with Gasteiger partial charge in [0.05, 0.1) is 5.60 Å². The molecule has 1 atom stereocenters. The summed E-state index contributed by atoms with van der Waals surface area (Å²) in [6.07, 6.45) is 2.36. The van der Waals surface area contributed by atoms with Gasteiger partial charge in [0.2, 0.25) is 0 Å². The predicted molar refractivity (Wildman–Crippen MR) is 59.7 cm³/mol. The first kappa shape index (κ1) is 10.1. The smallest absolute Gasteiger partial charge is 0.0715 e. The molecule has 0 bridgehead atoms. The standard InChI is InChI=1S/C11H17NOS/c1-11(2,13)7-12-9-4-3-8-5-6-14-10(8)9/h5-6,9,12-13H,3-4,7H2,1-2H3. The molecule has 2 nitrogen and oxygen atoms in total. The highest BCUT2D eigenvalue weighted by atomic mass is 32.1. The van der Waals surface area contributed by atoms with Crippen molar-refractivity contribution in [1.29, 1.82) is 0 Å². The van der Waals surface area contributed by atoms with Crippen LogP contribution >= 0.6 is 11.3 Å². The van der Waals surface area contributed by atoms with Crippen LogP contribution in [0.1, 0.15) is 36.8 Å². The first-order chi connectivity index (χ1) is 6.56. The van der Waals surface area contributed by atoms with E-state index in [4.69, 9.17) is 0 Å². The molecule has 1 aliphatic rings. The van der Waals surface area contributed by atoms with Crippen molar-refractivity contribution in [2.75, 3.05) is 6.54 Å². The Balaban J connectivity index is 1.96. The zero-order valence-corrected chi connectivity index (χ0v) is 9.53. The van der Waals surface area contributed by atoms with Crippen LogP contribution in [0.2, 0.25) is 0 Å². The Morgan fingerprint density at radius 1 is 1.64 bits per heavy atom. The maximum Gasteiger partial charge on any atom is 0.0715 e. The van der Waals surface area contributed by atoms with Crippen molar-refractivity contribution in [1.82, 2.24) is 5.32 Å². The first-order valence-electron chi connectivity index (χ1n) is 5.08. The highest BCUT2D eigenvalue weighted by molar-refractivity contribution is 7.10. The van der Waals surface area contributed by atoms with Gasteiger partial charge in [0.1, 0.15) is 0 Å². The van der Waals surface area contributed by atoms with E-state index in [0.29, 0.717) is 12.6 Å². The molecule has 0 aromatic carbocycles. The Morgan fingerprint density at radius 3 is 3.14 bits per heavy atom. The molecule has 1 aromatic rings. The molecule has 0 saturated heterocycles. The number of aliphatic hydroxyl groups is 1. The van der Waals surface area contributed by atoms with Gasteiger partial charge in [-0.2, -0.15) is 0 Å². The number of aryl methyl sites for hydroxylation is 1. The van der Waals surface area contributed by atoms with Crippen LogP contribution in [0.5, 0.6) is 0 Å². The van der Waals surface area contributed by atoms with Crippen LogP contribution in [-0.2, 0) is 6.42 Å².